The van der Waals surface area contributed by atoms with Crippen LogP contribution in [0.2, 0.25) is 0 Å². The van der Waals surface area contributed by atoms with Crippen LogP contribution >= 0.6 is 0 Å². The van der Waals surface area contributed by atoms with Gasteiger partial charge in [-0.1, -0.05) is 6.07 Å². The van der Waals surface area contributed by atoms with Crippen molar-refractivity contribution in [3.05, 3.63) is 52.6 Å². The standard InChI is InChI=1S/C20H26O5/c1-22-10-14-5-15(11-23-2)7-17(6-14)19-9-16(12-24-3)8-18(13-25-4)20(19)21/h5-9,21H,10-13H2,1-4H3. The Hall–Kier alpha value is -1.92. The molecule has 2 aromatic carbocycles. The van der Waals surface area contributed by atoms with Crippen molar-refractivity contribution >= 4 is 0 Å². The molecule has 2 aromatic rings. The molecule has 0 saturated carbocycles. The third kappa shape index (κ3) is 5.03. The van der Waals surface area contributed by atoms with E-state index >= 15 is 0 Å². The van der Waals surface area contributed by atoms with Crippen LogP contribution < -0.4 is 0 Å². The van der Waals surface area contributed by atoms with Gasteiger partial charge in [0.05, 0.1) is 26.4 Å². The zero-order valence-electron chi connectivity index (χ0n) is 15.3. The lowest BCUT2D eigenvalue weighted by Crippen LogP contribution is -1.98. The highest BCUT2D eigenvalue weighted by atomic mass is 16.5. The molecule has 0 atom stereocenters. The molecule has 0 spiro atoms. The topological polar surface area (TPSA) is 57.2 Å². The quantitative estimate of drug-likeness (QED) is 0.751. The van der Waals surface area contributed by atoms with Crippen molar-refractivity contribution in [3.8, 4) is 16.9 Å². The molecule has 0 saturated heterocycles. The minimum atomic E-state index is 0.222. The second-order valence-corrected chi connectivity index (χ2v) is 5.92. The smallest absolute Gasteiger partial charge is 0.128 e. The zero-order valence-corrected chi connectivity index (χ0v) is 15.3. The monoisotopic (exact) mass is 346 g/mol. The fourth-order valence-corrected chi connectivity index (χ4v) is 2.91. The predicted octanol–water partition coefficient (Wildman–Crippen LogP) is 3.64. The lowest BCUT2D eigenvalue weighted by molar-refractivity contribution is 0.178. The van der Waals surface area contributed by atoms with Crippen molar-refractivity contribution in [2.24, 2.45) is 0 Å². The minimum absolute atomic E-state index is 0.222. The summed E-state index contributed by atoms with van der Waals surface area (Å²) in [5.41, 5.74) is 5.42. The van der Waals surface area contributed by atoms with Crippen molar-refractivity contribution in [1.29, 1.82) is 0 Å². The van der Waals surface area contributed by atoms with E-state index in [2.05, 4.69) is 0 Å². The maximum absolute atomic E-state index is 10.7. The van der Waals surface area contributed by atoms with E-state index in [1.54, 1.807) is 28.4 Å². The van der Waals surface area contributed by atoms with Crippen LogP contribution in [0.5, 0.6) is 5.75 Å². The van der Waals surface area contributed by atoms with E-state index in [-0.39, 0.29) is 5.75 Å². The number of phenolic OH excluding ortho intramolecular Hbond substituents is 1. The molecule has 5 heteroatoms. The van der Waals surface area contributed by atoms with Gasteiger partial charge in [-0.25, -0.2) is 0 Å². The summed E-state index contributed by atoms with van der Waals surface area (Å²) in [6, 6.07) is 9.93. The number of phenols is 1. The number of aromatic hydroxyl groups is 1. The third-order valence-corrected chi connectivity index (χ3v) is 3.85. The summed E-state index contributed by atoms with van der Waals surface area (Å²) >= 11 is 0. The maximum atomic E-state index is 10.7. The molecule has 0 aliphatic heterocycles. The second-order valence-electron chi connectivity index (χ2n) is 5.92. The van der Waals surface area contributed by atoms with Crippen molar-refractivity contribution in [3.63, 3.8) is 0 Å². The van der Waals surface area contributed by atoms with Crippen molar-refractivity contribution in [1.82, 2.24) is 0 Å². The summed E-state index contributed by atoms with van der Waals surface area (Å²) in [5.74, 6) is 0.222. The van der Waals surface area contributed by atoms with Crippen LogP contribution in [0.4, 0.5) is 0 Å². The lowest BCUT2D eigenvalue weighted by Gasteiger charge is -2.15. The summed E-state index contributed by atoms with van der Waals surface area (Å²) in [6.07, 6.45) is 0. The molecule has 0 unspecified atom stereocenters. The van der Waals surface area contributed by atoms with Crippen LogP contribution in [-0.4, -0.2) is 33.5 Å². The molecule has 0 aliphatic rings. The van der Waals surface area contributed by atoms with Crippen molar-refractivity contribution < 1.29 is 24.1 Å². The first-order valence-electron chi connectivity index (χ1n) is 8.06. The number of hydrogen-bond acceptors (Lipinski definition) is 5. The van der Waals surface area contributed by atoms with Crippen LogP contribution in [0, 0.1) is 0 Å². The molecule has 1 N–H and O–H groups in total. The van der Waals surface area contributed by atoms with E-state index < -0.39 is 0 Å². The van der Waals surface area contributed by atoms with Gasteiger partial charge in [0.25, 0.3) is 0 Å². The molecule has 0 heterocycles. The molecule has 0 aliphatic carbocycles. The SMILES string of the molecule is COCc1cc(COC)cc(-c2cc(COC)cc(COC)c2O)c1. The Kier molecular flexibility index (Phi) is 7.40. The summed E-state index contributed by atoms with van der Waals surface area (Å²) < 4.78 is 21.0. The third-order valence-electron chi connectivity index (χ3n) is 3.85. The van der Waals surface area contributed by atoms with Gasteiger partial charge in [-0.2, -0.15) is 0 Å². The molecule has 0 aromatic heterocycles. The van der Waals surface area contributed by atoms with E-state index in [4.69, 9.17) is 18.9 Å². The number of ether oxygens (including phenoxy) is 4. The Labute approximate surface area is 149 Å². The Balaban J connectivity index is 2.58. The van der Waals surface area contributed by atoms with Gasteiger partial charge < -0.3 is 24.1 Å². The highest BCUT2D eigenvalue weighted by molar-refractivity contribution is 5.73. The van der Waals surface area contributed by atoms with Gasteiger partial charge in [0, 0.05) is 39.6 Å². The molecule has 136 valence electrons. The van der Waals surface area contributed by atoms with Crippen LogP contribution in [0.25, 0.3) is 11.1 Å². The Morgan fingerprint density at radius 2 is 1.12 bits per heavy atom. The largest absolute Gasteiger partial charge is 0.507 e. The fourth-order valence-electron chi connectivity index (χ4n) is 2.91. The summed E-state index contributed by atoms with van der Waals surface area (Å²) in [5, 5.41) is 10.7. The summed E-state index contributed by atoms with van der Waals surface area (Å²) in [7, 11) is 6.59. The first-order chi connectivity index (χ1) is 12.1. The Bertz CT molecular complexity index is 672. The number of benzene rings is 2. The molecule has 5 nitrogen and oxygen atoms in total. The predicted molar refractivity (Wildman–Crippen MR) is 96.4 cm³/mol. The van der Waals surface area contributed by atoms with Crippen LogP contribution in [0.1, 0.15) is 22.3 Å². The minimum Gasteiger partial charge on any atom is -0.507 e. The molecule has 25 heavy (non-hydrogen) atoms. The van der Waals surface area contributed by atoms with Gasteiger partial charge in [-0.05, 0) is 46.5 Å². The second kappa shape index (κ2) is 9.53. The van der Waals surface area contributed by atoms with E-state index in [1.165, 1.54) is 0 Å². The average molecular weight is 346 g/mol. The zero-order chi connectivity index (χ0) is 18.2. The van der Waals surface area contributed by atoms with Crippen LogP contribution in [0.3, 0.4) is 0 Å². The van der Waals surface area contributed by atoms with E-state index in [9.17, 15) is 5.11 Å². The number of rotatable bonds is 9. The molecular formula is C20H26O5. The first-order valence-corrected chi connectivity index (χ1v) is 8.06. The van der Waals surface area contributed by atoms with Gasteiger partial charge in [0.1, 0.15) is 5.75 Å². The maximum Gasteiger partial charge on any atom is 0.128 e. The summed E-state index contributed by atoms with van der Waals surface area (Å²) in [6.45, 7) is 1.79. The van der Waals surface area contributed by atoms with E-state index in [1.807, 2.05) is 30.3 Å². The highest BCUT2D eigenvalue weighted by Crippen LogP contribution is 2.35. The molecule has 0 amide bonds. The van der Waals surface area contributed by atoms with E-state index in [0.717, 1.165) is 33.4 Å². The Morgan fingerprint density at radius 1 is 0.640 bits per heavy atom. The number of hydrogen-bond donors (Lipinski definition) is 1. The molecular weight excluding hydrogens is 320 g/mol. The average Bonchev–Trinajstić information content (AvgIpc) is 2.58. The van der Waals surface area contributed by atoms with Crippen LogP contribution in [-0.2, 0) is 45.4 Å². The highest BCUT2D eigenvalue weighted by Gasteiger charge is 2.14. The van der Waals surface area contributed by atoms with E-state index in [0.29, 0.717) is 26.4 Å². The molecule has 0 radical (unpaired) electrons. The molecule has 2 rings (SSSR count). The molecule has 0 fully saturated rings. The summed E-state index contributed by atoms with van der Waals surface area (Å²) in [4.78, 5) is 0. The van der Waals surface area contributed by atoms with Gasteiger partial charge in [0.2, 0.25) is 0 Å². The first kappa shape index (κ1) is 19.4. The normalized spacial score (nSPS) is 11.0. The van der Waals surface area contributed by atoms with Gasteiger partial charge >= 0.3 is 0 Å². The Morgan fingerprint density at radius 3 is 1.60 bits per heavy atom. The molecule has 0 bridgehead atoms. The lowest BCUT2D eigenvalue weighted by atomic mass is 9.95. The number of methoxy groups -OCH3 is 4. The fraction of sp³-hybridized carbons (Fsp3) is 0.400. The van der Waals surface area contributed by atoms with Crippen molar-refractivity contribution in [2.45, 2.75) is 26.4 Å². The van der Waals surface area contributed by atoms with Gasteiger partial charge in [-0.3, -0.25) is 0 Å². The van der Waals surface area contributed by atoms with Crippen molar-refractivity contribution in [2.75, 3.05) is 28.4 Å². The van der Waals surface area contributed by atoms with Gasteiger partial charge in [0.15, 0.2) is 0 Å². The van der Waals surface area contributed by atoms with Crippen LogP contribution in [0.15, 0.2) is 30.3 Å². The van der Waals surface area contributed by atoms with Gasteiger partial charge in [-0.15, -0.1) is 0 Å².